The van der Waals surface area contributed by atoms with Crippen molar-refractivity contribution in [1.29, 1.82) is 0 Å². The van der Waals surface area contributed by atoms with Gasteiger partial charge in [-0.1, -0.05) is 27.7 Å². The van der Waals surface area contributed by atoms with Crippen LogP contribution in [0.1, 0.15) is 39.9 Å². The Morgan fingerprint density at radius 2 is 2.06 bits per heavy atom. The molecule has 1 heterocycles. The molecule has 98 valence electrons. The molecule has 1 aromatic rings. The summed E-state index contributed by atoms with van der Waals surface area (Å²) in [5, 5.41) is 7.74. The molecule has 0 bridgehead atoms. The van der Waals surface area contributed by atoms with Gasteiger partial charge in [-0.05, 0) is 31.3 Å². The molecule has 0 saturated carbocycles. The minimum atomic E-state index is 0.605. The van der Waals surface area contributed by atoms with E-state index in [-0.39, 0.29) is 0 Å². The highest BCUT2D eigenvalue weighted by Gasteiger charge is 2.09. The van der Waals surface area contributed by atoms with E-state index in [9.17, 15) is 0 Å². The van der Waals surface area contributed by atoms with Gasteiger partial charge >= 0.3 is 0 Å². The SMILES string of the molecule is CCCn1ncnc1CC(C)CNCC(C)C. The molecular formula is C13H26N4. The highest BCUT2D eigenvalue weighted by Crippen LogP contribution is 2.05. The molecule has 4 heteroatoms. The third-order valence-electron chi connectivity index (χ3n) is 2.71. The zero-order valence-electron chi connectivity index (χ0n) is 11.6. The van der Waals surface area contributed by atoms with E-state index < -0.39 is 0 Å². The van der Waals surface area contributed by atoms with Crippen LogP contribution in [0.3, 0.4) is 0 Å². The first-order chi connectivity index (χ1) is 8.13. The van der Waals surface area contributed by atoms with E-state index in [2.05, 4.69) is 43.1 Å². The Morgan fingerprint density at radius 3 is 2.71 bits per heavy atom. The maximum Gasteiger partial charge on any atom is 0.138 e. The van der Waals surface area contributed by atoms with Crippen molar-refractivity contribution in [2.24, 2.45) is 11.8 Å². The Balaban J connectivity index is 2.34. The predicted molar refractivity (Wildman–Crippen MR) is 70.9 cm³/mol. The summed E-state index contributed by atoms with van der Waals surface area (Å²) < 4.78 is 2.03. The average Bonchev–Trinajstić information content (AvgIpc) is 2.66. The normalized spacial score (nSPS) is 13.2. The third-order valence-corrected chi connectivity index (χ3v) is 2.71. The number of nitrogens with zero attached hydrogens (tertiary/aromatic N) is 3. The second-order valence-electron chi connectivity index (χ2n) is 5.26. The highest BCUT2D eigenvalue weighted by atomic mass is 15.3. The quantitative estimate of drug-likeness (QED) is 0.754. The van der Waals surface area contributed by atoms with Crippen molar-refractivity contribution in [3.05, 3.63) is 12.2 Å². The zero-order valence-corrected chi connectivity index (χ0v) is 11.6. The van der Waals surface area contributed by atoms with Crippen LogP contribution in [0.4, 0.5) is 0 Å². The third kappa shape index (κ3) is 5.31. The molecule has 0 saturated heterocycles. The first-order valence-corrected chi connectivity index (χ1v) is 6.70. The number of aromatic nitrogens is 3. The van der Waals surface area contributed by atoms with Crippen LogP contribution in [0, 0.1) is 11.8 Å². The zero-order chi connectivity index (χ0) is 12.7. The maximum atomic E-state index is 4.34. The van der Waals surface area contributed by atoms with E-state index in [1.807, 2.05) is 4.68 Å². The van der Waals surface area contributed by atoms with Crippen molar-refractivity contribution < 1.29 is 0 Å². The van der Waals surface area contributed by atoms with Gasteiger partial charge in [-0.15, -0.1) is 0 Å². The molecule has 0 amide bonds. The smallest absolute Gasteiger partial charge is 0.138 e. The molecule has 1 N–H and O–H groups in total. The second-order valence-corrected chi connectivity index (χ2v) is 5.26. The summed E-state index contributed by atoms with van der Waals surface area (Å²) >= 11 is 0. The number of aryl methyl sites for hydroxylation is 1. The van der Waals surface area contributed by atoms with Gasteiger partial charge in [-0.25, -0.2) is 4.98 Å². The molecule has 0 fully saturated rings. The Morgan fingerprint density at radius 1 is 1.29 bits per heavy atom. The molecule has 4 nitrogen and oxygen atoms in total. The summed E-state index contributed by atoms with van der Waals surface area (Å²) in [5.41, 5.74) is 0. The van der Waals surface area contributed by atoms with Gasteiger partial charge in [-0.2, -0.15) is 5.10 Å². The van der Waals surface area contributed by atoms with Gasteiger partial charge in [0.2, 0.25) is 0 Å². The largest absolute Gasteiger partial charge is 0.316 e. The van der Waals surface area contributed by atoms with Crippen LogP contribution >= 0.6 is 0 Å². The second kappa shape index (κ2) is 7.43. The van der Waals surface area contributed by atoms with Gasteiger partial charge in [-0.3, -0.25) is 4.68 Å². The summed E-state index contributed by atoms with van der Waals surface area (Å²) in [5.74, 6) is 2.44. The number of rotatable bonds is 8. The number of nitrogens with one attached hydrogen (secondary N) is 1. The first kappa shape index (κ1) is 14.2. The molecule has 0 aliphatic rings. The predicted octanol–water partition coefficient (Wildman–Crippen LogP) is 2.11. The molecule has 0 spiro atoms. The van der Waals surface area contributed by atoms with Crippen molar-refractivity contribution in [2.45, 2.75) is 47.1 Å². The lowest BCUT2D eigenvalue weighted by Crippen LogP contribution is -2.26. The van der Waals surface area contributed by atoms with Crippen LogP contribution < -0.4 is 5.32 Å². The lowest BCUT2D eigenvalue weighted by Gasteiger charge is -2.14. The number of hydrogen-bond acceptors (Lipinski definition) is 3. The lowest BCUT2D eigenvalue weighted by atomic mass is 10.1. The topological polar surface area (TPSA) is 42.7 Å². The van der Waals surface area contributed by atoms with Crippen LogP contribution in [0.2, 0.25) is 0 Å². The average molecular weight is 238 g/mol. The Bertz CT molecular complexity index is 306. The van der Waals surface area contributed by atoms with Crippen molar-refractivity contribution in [2.75, 3.05) is 13.1 Å². The molecule has 1 rings (SSSR count). The van der Waals surface area contributed by atoms with Crippen LogP contribution in [0.5, 0.6) is 0 Å². The molecular weight excluding hydrogens is 212 g/mol. The van der Waals surface area contributed by atoms with Gasteiger partial charge in [0.1, 0.15) is 12.2 Å². The van der Waals surface area contributed by atoms with E-state index in [4.69, 9.17) is 0 Å². The molecule has 0 aliphatic heterocycles. The molecule has 0 aliphatic carbocycles. The fraction of sp³-hybridized carbons (Fsp3) is 0.846. The van der Waals surface area contributed by atoms with Gasteiger partial charge in [0, 0.05) is 13.0 Å². The lowest BCUT2D eigenvalue weighted by molar-refractivity contribution is 0.453. The fourth-order valence-corrected chi connectivity index (χ4v) is 1.85. The molecule has 1 unspecified atom stereocenters. The summed E-state index contributed by atoms with van der Waals surface area (Å²) in [6.45, 7) is 12.0. The first-order valence-electron chi connectivity index (χ1n) is 6.70. The molecule has 0 aromatic carbocycles. The fourth-order valence-electron chi connectivity index (χ4n) is 1.85. The van der Waals surface area contributed by atoms with Gasteiger partial charge < -0.3 is 5.32 Å². The van der Waals surface area contributed by atoms with E-state index in [1.165, 1.54) is 0 Å². The van der Waals surface area contributed by atoms with Gasteiger partial charge in [0.25, 0.3) is 0 Å². The molecule has 17 heavy (non-hydrogen) atoms. The van der Waals surface area contributed by atoms with Crippen LogP contribution in [-0.2, 0) is 13.0 Å². The molecule has 0 radical (unpaired) electrons. The van der Waals surface area contributed by atoms with E-state index in [0.717, 1.165) is 38.3 Å². The van der Waals surface area contributed by atoms with Gasteiger partial charge in [0.05, 0.1) is 0 Å². The summed E-state index contributed by atoms with van der Waals surface area (Å²) in [7, 11) is 0. The van der Waals surface area contributed by atoms with Crippen molar-refractivity contribution in [3.63, 3.8) is 0 Å². The Hall–Kier alpha value is -0.900. The molecule has 1 aromatic heterocycles. The summed E-state index contributed by atoms with van der Waals surface area (Å²) in [6.07, 6.45) is 3.78. The molecule has 1 atom stereocenters. The highest BCUT2D eigenvalue weighted by molar-refractivity contribution is 4.87. The van der Waals surface area contributed by atoms with E-state index in [1.54, 1.807) is 6.33 Å². The maximum absolute atomic E-state index is 4.34. The van der Waals surface area contributed by atoms with Crippen molar-refractivity contribution in [1.82, 2.24) is 20.1 Å². The summed E-state index contributed by atoms with van der Waals surface area (Å²) in [4.78, 5) is 4.34. The van der Waals surface area contributed by atoms with E-state index >= 15 is 0 Å². The Labute approximate surface area is 105 Å². The van der Waals surface area contributed by atoms with Gasteiger partial charge in [0.15, 0.2) is 0 Å². The van der Waals surface area contributed by atoms with Crippen LogP contribution in [-0.4, -0.2) is 27.9 Å². The summed E-state index contributed by atoms with van der Waals surface area (Å²) in [6, 6.07) is 0. The Kier molecular flexibility index (Phi) is 6.19. The minimum absolute atomic E-state index is 0.605. The van der Waals surface area contributed by atoms with Crippen LogP contribution in [0.15, 0.2) is 6.33 Å². The van der Waals surface area contributed by atoms with Crippen molar-refractivity contribution in [3.8, 4) is 0 Å². The van der Waals surface area contributed by atoms with Crippen LogP contribution in [0.25, 0.3) is 0 Å². The van der Waals surface area contributed by atoms with Crippen molar-refractivity contribution >= 4 is 0 Å². The monoisotopic (exact) mass is 238 g/mol. The standard InChI is InChI=1S/C13H26N4/c1-5-6-17-13(15-10-16-17)7-12(4)9-14-8-11(2)3/h10-12,14H,5-9H2,1-4H3. The van der Waals surface area contributed by atoms with E-state index in [0.29, 0.717) is 11.8 Å². The number of hydrogen-bond donors (Lipinski definition) is 1. The minimum Gasteiger partial charge on any atom is -0.316 e.